The van der Waals surface area contributed by atoms with Gasteiger partial charge in [0.2, 0.25) is 5.82 Å². The summed E-state index contributed by atoms with van der Waals surface area (Å²) >= 11 is 6.10. The minimum Gasteiger partial charge on any atom is -0.360 e. The van der Waals surface area contributed by atoms with Crippen molar-refractivity contribution in [1.82, 2.24) is 9.78 Å². The maximum atomic E-state index is 11.2. The summed E-state index contributed by atoms with van der Waals surface area (Å²) in [5.41, 5.74) is 1.32. The van der Waals surface area contributed by atoms with Crippen molar-refractivity contribution in [2.45, 2.75) is 33.4 Å². The third kappa shape index (κ3) is 3.33. The van der Waals surface area contributed by atoms with Crippen molar-refractivity contribution in [3.8, 4) is 0 Å². The summed E-state index contributed by atoms with van der Waals surface area (Å²) in [7, 11) is 0. The molecule has 0 fully saturated rings. The molecule has 0 radical (unpaired) electrons. The molecule has 0 atom stereocenters. The van der Waals surface area contributed by atoms with Gasteiger partial charge in [-0.2, -0.15) is 5.10 Å². The maximum Gasteiger partial charge on any atom is 0.333 e. The van der Waals surface area contributed by atoms with E-state index < -0.39 is 4.92 Å². The molecular formula is C14H17ClN4O2. The molecule has 2 rings (SSSR count). The summed E-state index contributed by atoms with van der Waals surface area (Å²) in [5, 5.41) is 19.2. The summed E-state index contributed by atoms with van der Waals surface area (Å²) in [6.07, 6.45) is 0.846. The van der Waals surface area contributed by atoms with Crippen molar-refractivity contribution in [3.63, 3.8) is 0 Å². The van der Waals surface area contributed by atoms with Crippen molar-refractivity contribution in [2.24, 2.45) is 0 Å². The topological polar surface area (TPSA) is 73.0 Å². The Morgan fingerprint density at radius 3 is 2.76 bits per heavy atom. The molecule has 7 heteroatoms. The molecule has 0 aliphatic carbocycles. The Kier molecular flexibility index (Phi) is 4.80. The van der Waals surface area contributed by atoms with Crippen LogP contribution in [0, 0.1) is 17.0 Å². The van der Waals surface area contributed by atoms with E-state index >= 15 is 0 Å². The Morgan fingerprint density at radius 1 is 1.43 bits per heavy atom. The number of hydrogen-bond donors (Lipinski definition) is 1. The van der Waals surface area contributed by atoms with E-state index in [-0.39, 0.29) is 5.69 Å². The summed E-state index contributed by atoms with van der Waals surface area (Å²) in [6.45, 7) is 4.68. The van der Waals surface area contributed by atoms with Crippen LogP contribution in [0.5, 0.6) is 0 Å². The molecule has 1 N–H and O–H groups in total. The Balaban J connectivity index is 2.29. The van der Waals surface area contributed by atoms with Crippen LogP contribution in [0.3, 0.4) is 0 Å². The predicted molar refractivity (Wildman–Crippen MR) is 82.7 cm³/mol. The minimum atomic E-state index is -0.399. The van der Waals surface area contributed by atoms with Crippen LogP contribution in [-0.4, -0.2) is 14.7 Å². The Labute approximate surface area is 127 Å². The second-order valence-electron chi connectivity index (χ2n) is 4.71. The number of nitrogens with one attached hydrogen (secondary N) is 1. The summed E-state index contributed by atoms with van der Waals surface area (Å²) in [5.74, 6) is 0.430. The molecule has 0 unspecified atom stereocenters. The fraction of sp³-hybridized carbons (Fsp3) is 0.357. The van der Waals surface area contributed by atoms with E-state index in [9.17, 15) is 10.1 Å². The lowest BCUT2D eigenvalue weighted by Gasteiger charge is -2.09. The molecule has 1 heterocycles. The molecule has 0 amide bonds. The molecule has 0 aliphatic heterocycles. The maximum absolute atomic E-state index is 11.2. The van der Waals surface area contributed by atoms with Crippen LogP contribution in [0.15, 0.2) is 24.3 Å². The van der Waals surface area contributed by atoms with Gasteiger partial charge in [0.05, 0.1) is 4.92 Å². The zero-order valence-electron chi connectivity index (χ0n) is 12.0. The van der Waals surface area contributed by atoms with Gasteiger partial charge in [0.1, 0.15) is 5.69 Å². The van der Waals surface area contributed by atoms with Crippen LogP contribution in [0.25, 0.3) is 0 Å². The summed E-state index contributed by atoms with van der Waals surface area (Å²) in [6, 6.07) is 7.40. The Hall–Kier alpha value is -2.08. The largest absolute Gasteiger partial charge is 0.360 e. The van der Waals surface area contributed by atoms with E-state index in [0.717, 1.165) is 12.0 Å². The number of nitrogens with zero attached hydrogens (tertiary/aromatic N) is 3. The monoisotopic (exact) mass is 308 g/mol. The lowest BCUT2D eigenvalue weighted by molar-refractivity contribution is -0.384. The first-order valence-electron chi connectivity index (χ1n) is 6.73. The molecule has 2 aromatic rings. The van der Waals surface area contributed by atoms with Crippen molar-refractivity contribution >= 4 is 23.1 Å². The average Bonchev–Trinajstić information content (AvgIpc) is 2.74. The number of anilines is 1. The van der Waals surface area contributed by atoms with Crippen molar-refractivity contribution in [1.29, 1.82) is 0 Å². The first-order chi connectivity index (χ1) is 10.0. The molecule has 6 nitrogen and oxygen atoms in total. The van der Waals surface area contributed by atoms with Gasteiger partial charge in [0.25, 0.3) is 0 Å². The standard InChI is InChI=1S/C14H17ClN4O2/c1-3-8-18-14(13(19(20)21)10(2)17-18)16-9-11-6-4-5-7-12(11)15/h4-7,16H,3,8-9H2,1-2H3. The third-order valence-corrected chi connectivity index (χ3v) is 3.49. The second kappa shape index (κ2) is 6.58. The molecule has 112 valence electrons. The highest BCUT2D eigenvalue weighted by molar-refractivity contribution is 6.31. The highest BCUT2D eigenvalue weighted by Gasteiger charge is 2.24. The Morgan fingerprint density at radius 2 is 2.14 bits per heavy atom. The van der Waals surface area contributed by atoms with Crippen molar-refractivity contribution in [3.05, 3.63) is 50.7 Å². The molecule has 0 bridgehead atoms. The number of hydrogen-bond acceptors (Lipinski definition) is 4. The Bertz CT molecular complexity index is 654. The van der Waals surface area contributed by atoms with E-state index in [2.05, 4.69) is 10.4 Å². The fourth-order valence-corrected chi connectivity index (χ4v) is 2.36. The van der Waals surface area contributed by atoms with Crippen LogP contribution >= 0.6 is 11.6 Å². The lowest BCUT2D eigenvalue weighted by Crippen LogP contribution is -2.09. The molecule has 0 saturated heterocycles. The quantitative estimate of drug-likeness (QED) is 0.651. The number of benzene rings is 1. The van der Waals surface area contributed by atoms with Gasteiger partial charge in [0.15, 0.2) is 0 Å². The SMILES string of the molecule is CCCn1nc(C)c([N+](=O)[O-])c1NCc1ccccc1Cl. The van der Waals surface area contributed by atoms with Gasteiger partial charge >= 0.3 is 5.69 Å². The number of aryl methyl sites for hydroxylation is 2. The number of nitro groups is 1. The van der Waals surface area contributed by atoms with Gasteiger partial charge in [0, 0.05) is 18.1 Å². The molecule has 0 aliphatic rings. The minimum absolute atomic E-state index is 0.0236. The van der Waals surface area contributed by atoms with Crippen molar-refractivity contribution < 1.29 is 4.92 Å². The first-order valence-corrected chi connectivity index (χ1v) is 7.11. The van der Waals surface area contributed by atoms with Gasteiger partial charge in [-0.05, 0) is 25.0 Å². The first kappa shape index (κ1) is 15.3. The molecule has 1 aromatic carbocycles. The van der Waals surface area contributed by atoms with Gasteiger partial charge < -0.3 is 5.32 Å². The molecule has 1 aromatic heterocycles. The van der Waals surface area contributed by atoms with E-state index in [1.807, 2.05) is 25.1 Å². The van der Waals surface area contributed by atoms with Crippen molar-refractivity contribution in [2.75, 3.05) is 5.32 Å². The number of halogens is 1. The highest BCUT2D eigenvalue weighted by atomic mass is 35.5. The van der Waals surface area contributed by atoms with Crippen LogP contribution in [0.2, 0.25) is 5.02 Å². The third-order valence-electron chi connectivity index (χ3n) is 3.12. The van der Waals surface area contributed by atoms with Crippen LogP contribution in [0.4, 0.5) is 11.5 Å². The van der Waals surface area contributed by atoms with E-state index in [1.165, 1.54) is 0 Å². The van der Waals surface area contributed by atoms with E-state index in [0.29, 0.717) is 29.6 Å². The number of aromatic nitrogens is 2. The zero-order valence-corrected chi connectivity index (χ0v) is 12.7. The van der Waals surface area contributed by atoms with Gasteiger partial charge in [-0.25, -0.2) is 4.68 Å². The van der Waals surface area contributed by atoms with E-state index in [4.69, 9.17) is 11.6 Å². The summed E-state index contributed by atoms with van der Waals surface area (Å²) < 4.78 is 1.64. The van der Waals surface area contributed by atoms with Gasteiger partial charge in [-0.1, -0.05) is 36.7 Å². The van der Waals surface area contributed by atoms with E-state index in [1.54, 1.807) is 17.7 Å². The highest BCUT2D eigenvalue weighted by Crippen LogP contribution is 2.29. The average molecular weight is 309 g/mol. The second-order valence-corrected chi connectivity index (χ2v) is 5.12. The zero-order chi connectivity index (χ0) is 15.4. The van der Waals surface area contributed by atoms with Crippen LogP contribution < -0.4 is 5.32 Å². The summed E-state index contributed by atoms with van der Waals surface area (Å²) in [4.78, 5) is 10.8. The number of rotatable bonds is 6. The van der Waals surface area contributed by atoms with Crippen LogP contribution in [0.1, 0.15) is 24.6 Å². The fourth-order valence-electron chi connectivity index (χ4n) is 2.16. The molecular weight excluding hydrogens is 292 g/mol. The predicted octanol–water partition coefficient (Wildman–Crippen LogP) is 3.78. The molecule has 21 heavy (non-hydrogen) atoms. The van der Waals surface area contributed by atoms with Crippen LogP contribution in [-0.2, 0) is 13.1 Å². The molecule has 0 spiro atoms. The smallest absolute Gasteiger partial charge is 0.333 e. The molecule has 0 saturated carbocycles. The van der Waals surface area contributed by atoms with Gasteiger partial charge in [-0.3, -0.25) is 10.1 Å². The normalized spacial score (nSPS) is 10.6. The lowest BCUT2D eigenvalue weighted by atomic mass is 10.2. The van der Waals surface area contributed by atoms with Gasteiger partial charge in [-0.15, -0.1) is 0 Å².